The lowest BCUT2D eigenvalue weighted by Gasteiger charge is -2.16. The summed E-state index contributed by atoms with van der Waals surface area (Å²) >= 11 is 0. The lowest BCUT2D eigenvalue weighted by Crippen LogP contribution is -2.28. The molecule has 2 aromatic rings. The summed E-state index contributed by atoms with van der Waals surface area (Å²) in [5, 5.41) is 0.971. The molecule has 0 radical (unpaired) electrons. The zero-order valence-electron chi connectivity index (χ0n) is 11.8. The van der Waals surface area contributed by atoms with Gasteiger partial charge in [-0.15, -0.1) is 0 Å². The molecule has 0 atom stereocenters. The Morgan fingerprint density at radius 1 is 1.25 bits per heavy atom. The van der Waals surface area contributed by atoms with Crippen molar-refractivity contribution in [3.63, 3.8) is 0 Å². The second-order valence-corrected chi connectivity index (χ2v) is 5.18. The minimum atomic E-state index is 0.102. The fourth-order valence-electron chi connectivity index (χ4n) is 2.68. The van der Waals surface area contributed by atoms with E-state index in [1.807, 2.05) is 36.1 Å². The number of aryl methyl sites for hydroxylation is 1. The molecule has 1 aliphatic heterocycles. The topological polar surface area (TPSA) is 42.4 Å². The fourth-order valence-corrected chi connectivity index (χ4v) is 2.68. The number of rotatable bonds is 2. The smallest absolute Gasteiger partial charge is 0.255 e. The van der Waals surface area contributed by atoms with E-state index in [1.165, 1.54) is 0 Å². The Balaban J connectivity index is 2.03. The minimum absolute atomic E-state index is 0.102. The summed E-state index contributed by atoms with van der Waals surface area (Å²) < 4.78 is 5.21. The van der Waals surface area contributed by atoms with Crippen molar-refractivity contribution in [1.29, 1.82) is 0 Å². The number of pyridine rings is 1. The van der Waals surface area contributed by atoms with Crippen LogP contribution < -0.4 is 4.74 Å². The Morgan fingerprint density at radius 3 is 2.70 bits per heavy atom. The summed E-state index contributed by atoms with van der Waals surface area (Å²) in [5.41, 5.74) is 2.35. The Labute approximate surface area is 118 Å². The number of fused-ring (bicyclic) bond motifs is 1. The predicted molar refractivity (Wildman–Crippen MR) is 78.2 cm³/mol. The molecule has 4 nitrogen and oxygen atoms in total. The van der Waals surface area contributed by atoms with Gasteiger partial charge in [-0.25, -0.2) is 0 Å². The molecule has 3 rings (SSSR count). The van der Waals surface area contributed by atoms with Crippen molar-refractivity contribution < 1.29 is 9.53 Å². The van der Waals surface area contributed by atoms with E-state index in [2.05, 4.69) is 4.98 Å². The molecule has 1 aromatic carbocycles. The first-order valence-electron chi connectivity index (χ1n) is 6.94. The number of benzene rings is 1. The van der Waals surface area contributed by atoms with Crippen LogP contribution in [0.25, 0.3) is 10.9 Å². The molecule has 0 bridgehead atoms. The number of hydrogen-bond acceptors (Lipinski definition) is 3. The number of aromatic nitrogens is 1. The molecule has 1 amide bonds. The molecule has 1 fully saturated rings. The molecule has 0 unspecified atom stereocenters. The predicted octanol–water partition coefficient (Wildman–Crippen LogP) is 2.79. The summed E-state index contributed by atoms with van der Waals surface area (Å²) in [7, 11) is 1.64. The van der Waals surface area contributed by atoms with Crippen LogP contribution in [0, 0.1) is 6.92 Å². The average Bonchev–Trinajstić information content (AvgIpc) is 2.99. The molecule has 0 saturated carbocycles. The second-order valence-electron chi connectivity index (χ2n) is 5.18. The molecular weight excluding hydrogens is 252 g/mol. The van der Waals surface area contributed by atoms with Gasteiger partial charge in [0.05, 0.1) is 23.9 Å². The van der Waals surface area contributed by atoms with Crippen LogP contribution in [0.2, 0.25) is 0 Å². The minimum Gasteiger partial charge on any atom is -0.497 e. The number of ether oxygens (including phenoxy) is 1. The molecule has 20 heavy (non-hydrogen) atoms. The van der Waals surface area contributed by atoms with E-state index < -0.39 is 0 Å². The average molecular weight is 270 g/mol. The van der Waals surface area contributed by atoms with Gasteiger partial charge in [0.15, 0.2) is 0 Å². The Bertz CT molecular complexity index is 661. The van der Waals surface area contributed by atoms with Gasteiger partial charge in [0, 0.05) is 24.5 Å². The van der Waals surface area contributed by atoms with E-state index in [-0.39, 0.29) is 5.91 Å². The van der Waals surface area contributed by atoms with Crippen molar-refractivity contribution in [3.05, 3.63) is 35.5 Å². The maximum Gasteiger partial charge on any atom is 0.255 e. The quantitative estimate of drug-likeness (QED) is 0.842. The fraction of sp³-hybridized carbons (Fsp3) is 0.375. The number of amides is 1. The third kappa shape index (κ3) is 2.22. The summed E-state index contributed by atoms with van der Waals surface area (Å²) in [6, 6.07) is 7.68. The van der Waals surface area contributed by atoms with Crippen LogP contribution in [0.5, 0.6) is 5.75 Å². The van der Waals surface area contributed by atoms with E-state index >= 15 is 0 Å². The standard InChI is InChI=1S/C16H18N2O2/c1-11-14(16(19)18-7-3-4-8-18)9-12-5-6-13(20-2)10-15(12)17-11/h5-6,9-10H,3-4,7-8H2,1-2H3. The monoisotopic (exact) mass is 270 g/mol. The SMILES string of the molecule is COc1ccc2cc(C(=O)N3CCCC3)c(C)nc2c1. The van der Waals surface area contributed by atoms with Gasteiger partial charge in [-0.1, -0.05) is 0 Å². The molecule has 1 aromatic heterocycles. The molecule has 0 N–H and O–H groups in total. The highest BCUT2D eigenvalue weighted by molar-refractivity contribution is 5.98. The van der Waals surface area contributed by atoms with Crippen LogP contribution in [0.4, 0.5) is 0 Å². The van der Waals surface area contributed by atoms with E-state index in [4.69, 9.17) is 4.74 Å². The van der Waals surface area contributed by atoms with Gasteiger partial charge >= 0.3 is 0 Å². The zero-order chi connectivity index (χ0) is 14.1. The van der Waals surface area contributed by atoms with Crippen molar-refractivity contribution in [3.8, 4) is 5.75 Å². The van der Waals surface area contributed by atoms with Gasteiger partial charge in [-0.3, -0.25) is 9.78 Å². The number of likely N-dealkylation sites (tertiary alicyclic amines) is 1. The van der Waals surface area contributed by atoms with Crippen LogP contribution in [-0.4, -0.2) is 36.0 Å². The van der Waals surface area contributed by atoms with Crippen molar-refractivity contribution in [2.75, 3.05) is 20.2 Å². The van der Waals surface area contributed by atoms with Crippen LogP contribution in [0.15, 0.2) is 24.3 Å². The summed E-state index contributed by atoms with van der Waals surface area (Å²) in [4.78, 5) is 19.0. The van der Waals surface area contributed by atoms with Gasteiger partial charge in [0.1, 0.15) is 5.75 Å². The van der Waals surface area contributed by atoms with Crippen LogP contribution in [0.1, 0.15) is 28.9 Å². The van der Waals surface area contributed by atoms with Crippen LogP contribution in [-0.2, 0) is 0 Å². The van der Waals surface area contributed by atoms with Crippen molar-refractivity contribution in [2.24, 2.45) is 0 Å². The van der Waals surface area contributed by atoms with E-state index in [1.54, 1.807) is 7.11 Å². The summed E-state index contributed by atoms with van der Waals surface area (Å²) in [6.45, 7) is 3.61. The van der Waals surface area contributed by atoms with Gasteiger partial charge in [-0.05, 0) is 38.0 Å². The van der Waals surface area contributed by atoms with E-state index in [0.717, 1.165) is 48.3 Å². The van der Waals surface area contributed by atoms with Gasteiger partial charge in [-0.2, -0.15) is 0 Å². The van der Waals surface area contributed by atoms with Crippen LogP contribution in [0.3, 0.4) is 0 Å². The first kappa shape index (κ1) is 12.9. The van der Waals surface area contributed by atoms with Gasteiger partial charge in [0.25, 0.3) is 5.91 Å². The maximum absolute atomic E-state index is 12.5. The number of carbonyl (C=O) groups excluding carboxylic acids is 1. The highest BCUT2D eigenvalue weighted by Crippen LogP contribution is 2.23. The molecule has 0 spiro atoms. The maximum atomic E-state index is 12.5. The number of methoxy groups -OCH3 is 1. The first-order chi connectivity index (χ1) is 9.69. The molecule has 1 aliphatic rings. The van der Waals surface area contributed by atoms with Crippen molar-refractivity contribution in [1.82, 2.24) is 9.88 Å². The second kappa shape index (κ2) is 5.12. The van der Waals surface area contributed by atoms with E-state index in [0.29, 0.717) is 5.56 Å². The van der Waals surface area contributed by atoms with Gasteiger partial charge < -0.3 is 9.64 Å². The summed E-state index contributed by atoms with van der Waals surface area (Å²) in [6.07, 6.45) is 2.20. The zero-order valence-corrected chi connectivity index (χ0v) is 11.8. The highest BCUT2D eigenvalue weighted by Gasteiger charge is 2.21. The largest absolute Gasteiger partial charge is 0.497 e. The van der Waals surface area contributed by atoms with Gasteiger partial charge in [0.2, 0.25) is 0 Å². The lowest BCUT2D eigenvalue weighted by molar-refractivity contribution is 0.0792. The molecule has 104 valence electrons. The third-order valence-electron chi connectivity index (χ3n) is 3.84. The molecular formula is C16H18N2O2. The molecule has 4 heteroatoms. The Hall–Kier alpha value is -2.10. The number of hydrogen-bond donors (Lipinski definition) is 0. The first-order valence-corrected chi connectivity index (χ1v) is 6.94. The molecule has 1 saturated heterocycles. The van der Waals surface area contributed by atoms with Crippen LogP contribution >= 0.6 is 0 Å². The Kier molecular flexibility index (Phi) is 3.30. The van der Waals surface area contributed by atoms with Crippen molar-refractivity contribution in [2.45, 2.75) is 19.8 Å². The third-order valence-corrected chi connectivity index (χ3v) is 3.84. The number of nitrogens with zero attached hydrogens (tertiary/aromatic N) is 2. The molecule has 0 aliphatic carbocycles. The Morgan fingerprint density at radius 2 is 2.00 bits per heavy atom. The normalized spacial score (nSPS) is 14.8. The molecule has 2 heterocycles. The lowest BCUT2D eigenvalue weighted by atomic mass is 10.1. The van der Waals surface area contributed by atoms with E-state index in [9.17, 15) is 4.79 Å². The highest BCUT2D eigenvalue weighted by atomic mass is 16.5. The van der Waals surface area contributed by atoms with Crippen molar-refractivity contribution >= 4 is 16.8 Å². The summed E-state index contributed by atoms with van der Waals surface area (Å²) in [5.74, 6) is 0.883. The number of carbonyl (C=O) groups is 1.